The molecule has 2 aromatic carbocycles. The number of nitrogens with one attached hydrogen (secondary N) is 3. The van der Waals surface area contributed by atoms with Gasteiger partial charge >= 0.3 is 0 Å². The van der Waals surface area contributed by atoms with E-state index in [2.05, 4.69) is 66.0 Å². The number of benzene rings is 2. The predicted octanol–water partition coefficient (Wildman–Crippen LogP) is 8.92. The van der Waals surface area contributed by atoms with Gasteiger partial charge in [0.15, 0.2) is 34.7 Å². The average Bonchev–Trinajstić information content (AvgIpc) is 4.27. The van der Waals surface area contributed by atoms with Crippen molar-refractivity contribution < 1.29 is 19.1 Å². The van der Waals surface area contributed by atoms with Crippen molar-refractivity contribution in [3.63, 3.8) is 0 Å². The highest BCUT2D eigenvalue weighted by molar-refractivity contribution is 6.30. The second-order valence-corrected chi connectivity index (χ2v) is 17.4. The molecule has 0 unspecified atom stereocenters. The number of pyridine rings is 2. The molecule has 2 aliphatic carbocycles. The van der Waals surface area contributed by atoms with Gasteiger partial charge in [0, 0.05) is 67.9 Å². The van der Waals surface area contributed by atoms with Crippen LogP contribution in [0.5, 0.6) is 11.5 Å². The summed E-state index contributed by atoms with van der Waals surface area (Å²) in [6.45, 7) is 7.47. The van der Waals surface area contributed by atoms with Gasteiger partial charge in [-0.05, 0) is 83.7 Å². The number of Topliss-reactive ketones (excluding diaryl/α,β-unsaturated/α-hetero) is 2. The van der Waals surface area contributed by atoms with Gasteiger partial charge in [0.05, 0.1) is 59.2 Å². The molecule has 8 aromatic rings. The Balaban J connectivity index is 0.000000166. The van der Waals surface area contributed by atoms with Gasteiger partial charge in [-0.1, -0.05) is 23.7 Å². The predicted molar refractivity (Wildman–Crippen MR) is 271 cm³/mol. The van der Waals surface area contributed by atoms with Crippen LogP contribution in [0.2, 0.25) is 5.15 Å². The minimum absolute atomic E-state index is 0.0503. The zero-order chi connectivity index (χ0) is 50.3. The molecule has 6 heterocycles. The number of hydrogen-bond acceptors (Lipinski definition) is 18. The second kappa shape index (κ2) is 21.5. The number of para-hydroxylation sites is 2. The molecular formula is C50H53ClN16O4. The van der Waals surface area contributed by atoms with E-state index in [-0.39, 0.29) is 23.4 Å². The number of carbonyl (C=O) groups excluding carboxylic acids is 2. The number of ketones is 2. The van der Waals surface area contributed by atoms with Gasteiger partial charge in [-0.25, -0.2) is 39.9 Å². The fourth-order valence-electron chi connectivity index (χ4n) is 7.62. The van der Waals surface area contributed by atoms with Crippen LogP contribution in [0, 0.1) is 39.5 Å². The van der Waals surface area contributed by atoms with E-state index >= 15 is 0 Å². The Morgan fingerprint density at radius 2 is 1.10 bits per heavy atom. The molecule has 0 bridgehead atoms. The molecule has 20 nitrogen and oxygen atoms in total. The molecule has 5 N–H and O–H groups in total. The number of carbonyl (C=O) groups is 2. The number of anilines is 7. The highest BCUT2D eigenvalue weighted by Gasteiger charge is 2.33. The molecular weight excluding hydrogens is 924 g/mol. The highest BCUT2D eigenvalue weighted by Crippen LogP contribution is 2.41. The number of aryl methyl sites for hydroxylation is 6. The third-order valence-corrected chi connectivity index (χ3v) is 11.3. The average molecular weight is 978 g/mol. The maximum Gasteiger partial charge on any atom is 0.184 e. The zero-order valence-corrected chi connectivity index (χ0v) is 41.3. The van der Waals surface area contributed by atoms with Crippen molar-refractivity contribution in [2.24, 2.45) is 25.9 Å². The lowest BCUT2D eigenvalue weighted by molar-refractivity contribution is 0.0960. The van der Waals surface area contributed by atoms with Gasteiger partial charge in [-0.2, -0.15) is 10.2 Å². The summed E-state index contributed by atoms with van der Waals surface area (Å²) in [6, 6.07) is 18.4. The molecule has 0 amide bonds. The van der Waals surface area contributed by atoms with Crippen LogP contribution in [0.15, 0.2) is 85.7 Å². The standard InChI is InChI=1S/C25H26N8O2.C19H18ClN5O2.C6H9N3/c1-14-10-22(29-15(2)28-14)31-21-11-20(18(12-26-21)23(34)16-8-9-16)30-19-7-5-6-17(24(19)35-4)25-27-13-33(3)32-25;1-25-10-22-19(24-25)12-4-3-5-14(18(12)27-2)23-15-8-16(20)21-9-13(15)17(26)11-6-7-11;1-4-3-6(7)9-5(2)8-4/h5-7,10-13,16H,8-9H2,1-4H3,(H2,26,28,29,30,31);3-5,8-11H,6-7H2,1-2H3,(H,21,23);3H,1-2H3,(H2,7,8,9). The molecule has 0 saturated heterocycles. The van der Waals surface area contributed by atoms with Crippen molar-refractivity contribution in [2.45, 2.75) is 53.4 Å². The molecule has 0 spiro atoms. The smallest absolute Gasteiger partial charge is 0.184 e. The summed E-state index contributed by atoms with van der Waals surface area (Å²) in [5.74, 6) is 5.70. The number of nitrogen functional groups attached to an aromatic ring is 1. The second-order valence-electron chi connectivity index (χ2n) is 17.0. The molecule has 2 saturated carbocycles. The Kier molecular flexibility index (Phi) is 14.8. The number of rotatable bonds is 14. The van der Waals surface area contributed by atoms with E-state index in [1.54, 1.807) is 61.6 Å². The van der Waals surface area contributed by atoms with E-state index in [0.29, 0.717) is 85.5 Å². The molecule has 0 radical (unpaired) electrons. The Hall–Kier alpha value is -8.39. The Bertz CT molecular complexity index is 3170. The summed E-state index contributed by atoms with van der Waals surface area (Å²) in [5, 5.41) is 19.0. The molecule has 2 aliphatic rings. The first kappa shape index (κ1) is 49.0. The molecule has 21 heteroatoms. The number of ether oxygens (including phenoxy) is 2. The summed E-state index contributed by atoms with van der Waals surface area (Å²) < 4.78 is 14.6. The van der Waals surface area contributed by atoms with Crippen LogP contribution in [-0.2, 0) is 14.1 Å². The third kappa shape index (κ3) is 12.3. The summed E-state index contributed by atoms with van der Waals surface area (Å²) in [4.78, 5) is 59.5. The molecule has 10 rings (SSSR count). The fourth-order valence-corrected chi connectivity index (χ4v) is 7.78. The van der Waals surface area contributed by atoms with Gasteiger partial charge in [-0.3, -0.25) is 19.0 Å². The minimum atomic E-state index is 0.0503. The van der Waals surface area contributed by atoms with Gasteiger partial charge in [0.25, 0.3) is 0 Å². The summed E-state index contributed by atoms with van der Waals surface area (Å²) in [5.41, 5.74) is 12.4. The van der Waals surface area contributed by atoms with Gasteiger partial charge < -0.3 is 31.2 Å². The molecule has 0 aliphatic heterocycles. The van der Waals surface area contributed by atoms with E-state index in [9.17, 15) is 9.59 Å². The number of nitrogens with zero attached hydrogens (tertiary/aromatic N) is 12. The maximum atomic E-state index is 13.0. The van der Waals surface area contributed by atoms with E-state index in [4.69, 9.17) is 26.8 Å². The van der Waals surface area contributed by atoms with Gasteiger partial charge in [-0.15, -0.1) is 0 Å². The molecule has 2 fully saturated rings. The largest absolute Gasteiger partial charge is 0.494 e. The number of nitrogens with two attached hydrogens (primary N) is 1. The first-order chi connectivity index (χ1) is 34.2. The highest BCUT2D eigenvalue weighted by atomic mass is 35.5. The topological polar surface area (TPSA) is 253 Å². The Labute approximate surface area is 414 Å². The van der Waals surface area contributed by atoms with E-state index < -0.39 is 0 Å². The van der Waals surface area contributed by atoms with Crippen molar-refractivity contribution in [2.75, 3.05) is 35.9 Å². The lowest BCUT2D eigenvalue weighted by atomic mass is 10.1. The van der Waals surface area contributed by atoms with Crippen LogP contribution in [0.1, 0.15) is 69.4 Å². The Morgan fingerprint density at radius 3 is 1.55 bits per heavy atom. The summed E-state index contributed by atoms with van der Waals surface area (Å²) in [6.07, 6.45) is 10.1. The quantitative estimate of drug-likeness (QED) is 0.0586. The van der Waals surface area contributed by atoms with Crippen molar-refractivity contribution in [3.8, 4) is 34.3 Å². The monoisotopic (exact) mass is 976 g/mol. The van der Waals surface area contributed by atoms with Crippen LogP contribution in [-0.4, -0.2) is 85.2 Å². The summed E-state index contributed by atoms with van der Waals surface area (Å²) >= 11 is 6.07. The van der Waals surface area contributed by atoms with Crippen LogP contribution in [0.3, 0.4) is 0 Å². The number of halogens is 1. The first-order valence-corrected chi connectivity index (χ1v) is 23.0. The minimum Gasteiger partial charge on any atom is -0.494 e. The molecule has 71 heavy (non-hydrogen) atoms. The van der Waals surface area contributed by atoms with Crippen molar-refractivity contribution in [3.05, 3.63) is 125 Å². The normalized spacial score (nSPS) is 12.7. The van der Waals surface area contributed by atoms with E-state index in [0.717, 1.165) is 54.0 Å². The summed E-state index contributed by atoms with van der Waals surface area (Å²) in [7, 11) is 6.80. The number of hydrogen-bond donors (Lipinski definition) is 4. The van der Waals surface area contributed by atoms with Gasteiger partial charge in [0.1, 0.15) is 46.9 Å². The lowest BCUT2D eigenvalue weighted by Gasteiger charge is -2.17. The van der Waals surface area contributed by atoms with E-state index in [1.807, 2.05) is 83.3 Å². The van der Waals surface area contributed by atoms with Crippen LogP contribution in [0.25, 0.3) is 22.8 Å². The van der Waals surface area contributed by atoms with Crippen LogP contribution < -0.4 is 31.2 Å². The van der Waals surface area contributed by atoms with E-state index in [1.165, 1.54) is 6.20 Å². The van der Waals surface area contributed by atoms with Crippen LogP contribution >= 0.6 is 11.6 Å². The third-order valence-electron chi connectivity index (χ3n) is 11.1. The zero-order valence-electron chi connectivity index (χ0n) is 40.5. The Morgan fingerprint density at radius 1 is 0.606 bits per heavy atom. The van der Waals surface area contributed by atoms with Crippen molar-refractivity contribution in [1.29, 1.82) is 0 Å². The molecule has 364 valence electrons. The maximum absolute atomic E-state index is 13.0. The number of methoxy groups -OCH3 is 2. The fraction of sp³-hybridized carbons (Fsp3) is 0.280. The first-order valence-electron chi connectivity index (χ1n) is 22.7. The SMILES string of the molecule is COc1c(Nc2cc(Cl)ncc2C(=O)C2CC2)cccc1-c1ncn(C)n1.COc1c(Nc2cc(Nc3cc(C)nc(C)n3)ncc2C(=O)C2CC2)cccc1-c1ncn(C)n1.Cc1cc(N)nc(C)n1. The lowest BCUT2D eigenvalue weighted by Crippen LogP contribution is -2.09. The molecule has 6 aromatic heterocycles. The van der Waals surface area contributed by atoms with Crippen molar-refractivity contribution >= 4 is 63.4 Å². The van der Waals surface area contributed by atoms with Gasteiger partial charge in [0.2, 0.25) is 0 Å². The number of aromatic nitrogens is 12. The van der Waals surface area contributed by atoms with Crippen LogP contribution in [0.4, 0.5) is 40.2 Å². The van der Waals surface area contributed by atoms with Crippen molar-refractivity contribution in [1.82, 2.24) is 59.4 Å². The molecule has 0 atom stereocenters.